The Kier molecular flexibility index (Phi) is 2.76. The van der Waals surface area contributed by atoms with E-state index < -0.39 is 0 Å². The molecule has 0 bridgehead atoms. The molecule has 0 atom stereocenters. The van der Waals surface area contributed by atoms with Gasteiger partial charge >= 0.3 is 0 Å². The molecule has 0 spiro atoms. The highest BCUT2D eigenvalue weighted by molar-refractivity contribution is 5.85. The monoisotopic (exact) mass is 222 g/mol. The first kappa shape index (κ1) is 11.1. The van der Waals surface area contributed by atoms with Crippen molar-refractivity contribution in [2.24, 2.45) is 0 Å². The predicted octanol–water partition coefficient (Wildman–Crippen LogP) is 2.81. The van der Waals surface area contributed by atoms with Crippen LogP contribution in [-0.2, 0) is 0 Å². The fourth-order valence-corrected chi connectivity index (χ4v) is 1.80. The number of nitrogens with two attached hydrogens (primary N) is 2. The zero-order valence-corrected chi connectivity index (χ0v) is 9.70. The molecule has 2 heteroatoms. The summed E-state index contributed by atoms with van der Waals surface area (Å²) in [6.45, 7) is 2.02. The Hall–Kier alpha value is -2.40. The van der Waals surface area contributed by atoms with Gasteiger partial charge in [-0.15, -0.1) is 6.42 Å². The lowest BCUT2D eigenvalue weighted by Crippen LogP contribution is -1.95. The van der Waals surface area contributed by atoms with Gasteiger partial charge in [0.15, 0.2) is 0 Å². The van der Waals surface area contributed by atoms with Gasteiger partial charge in [0.1, 0.15) is 0 Å². The number of terminal acetylenes is 1. The van der Waals surface area contributed by atoms with Crippen molar-refractivity contribution in [2.75, 3.05) is 11.5 Å². The molecule has 0 aliphatic rings. The second kappa shape index (κ2) is 4.23. The van der Waals surface area contributed by atoms with Gasteiger partial charge in [0, 0.05) is 28.1 Å². The number of aryl methyl sites for hydroxylation is 1. The second-order valence-corrected chi connectivity index (χ2v) is 4.04. The summed E-state index contributed by atoms with van der Waals surface area (Å²) in [6, 6.07) is 11.5. The smallest absolute Gasteiger partial charge is 0.0407 e. The van der Waals surface area contributed by atoms with Crippen LogP contribution < -0.4 is 11.5 Å². The summed E-state index contributed by atoms with van der Waals surface area (Å²) < 4.78 is 0. The van der Waals surface area contributed by atoms with E-state index in [9.17, 15) is 0 Å². The quantitative estimate of drug-likeness (QED) is 0.576. The highest BCUT2D eigenvalue weighted by Crippen LogP contribution is 2.31. The van der Waals surface area contributed by atoms with Gasteiger partial charge in [-0.3, -0.25) is 0 Å². The Morgan fingerprint density at radius 1 is 0.941 bits per heavy atom. The molecule has 0 heterocycles. The van der Waals surface area contributed by atoms with E-state index in [4.69, 9.17) is 17.9 Å². The van der Waals surface area contributed by atoms with Crippen LogP contribution in [0.15, 0.2) is 36.4 Å². The molecule has 0 fully saturated rings. The summed E-state index contributed by atoms with van der Waals surface area (Å²) in [4.78, 5) is 0. The van der Waals surface area contributed by atoms with Crippen LogP contribution in [0.4, 0.5) is 11.4 Å². The fraction of sp³-hybridized carbons (Fsp3) is 0.0667. The van der Waals surface area contributed by atoms with Crippen LogP contribution in [0.1, 0.15) is 11.1 Å². The van der Waals surface area contributed by atoms with E-state index >= 15 is 0 Å². The minimum absolute atomic E-state index is 0.651. The minimum Gasteiger partial charge on any atom is -0.398 e. The molecule has 0 saturated carbocycles. The highest BCUT2D eigenvalue weighted by atomic mass is 14.6. The van der Waals surface area contributed by atoms with Crippen LogP contribution in [0, 0.1) is 19.3 Å². The SMILES string of the molecule is C#Cc1ccc(-c2cc(C)ccc2N)c(N)c1. The average Bonchev–Trinajstić information content (AvgIpc) is 2.32. The molecule has 0 aliphatic heterocycles. The van der Waals surface area contributed by atoms with Gasteiger partial charge in [0.2, 0.25) is 0 Å². The van der Waals surface area contributed by atoms with Crippen molar-refractivity contribution < 1.29 is 0 Å². The van der Waals surface area contributed by atoms with Gasteiger partial charge in [-0.05, 0) is 31.2 Å². The van der Waals surface area contributed by atoms with E-state index in [1.165, 1.54) is 0 Å². The van der Waals surface area contributed by atoms with Crippen molar-refractivity contribution >= 4 is 11.4 Å². The summed E-state index contributed by atoms with van der Waals surface area (Å²) in [5, 5.41) is 0. The first-order valence-corrected chi connectivity index (χ1v) is 5.34. The highest BCUT2D eigenvalue weighted by Gasteiger charge is 2.06. The van der Waals surface area contributed by atoms with E-state index in [0.717, 1.165) is 27.9 Å². The van der Waals surface area contributed by atoms with Gasteiger partial charge in [-0.2, -0.15) is 0 Å². The fourth-order valence-electron chi connectivity index (χ4n) is 1.80. The van der Waals surface area contributed by atoms with Crippen molar-refractivity contribution in [2.45, 2.75) is 6.92 Å². The zero-order chi connectivity index (χ0) is 12.4. The van der Waals surface area contributed by atoms with E-state index in [-0.39, 0.29) is 0 Å². The molecule has 2 nitrogen and oxygen atoms in total. The van der Waals surface area contributed by atoms with Crippen LogP contribution in [0.2, 0.25) is 0 Å². The van der Waals surface area contributed by atoms with Crippen molar-refractivity contribution in [1.29, 1.82) is 0 Å². The van der Waals surface area contributed by atoms with Gasteiger partial charge in [-0.1, -0.05) is 23.6 Å². The van der Waals surface area contributed by atoms with Crippen LogP contribution in [0.3, 0.4) is 0 Å². The minimum atomic E-state index is 0.651. The number of hydrogen-bond donors (Lipinski definition) is 2. The molecular formula is C15H14N2. The van der Waals surface area contributed by atoms with Crippen LogP contribution >= 0.6 is 0 Å². The molecule has 0 aromatic heterocycles. The number of hydrogen-bond acceptors (Lipinski definition) is 2. The van der Waals surface area contributed by atoms with Crippen molar-refractivity contribution in [3.05, 3.63) is 47.5 Å². The first-order chi connectivity index (χ1) is 8.11. The van der Waals surface area contributed by atoms with Gasteiger partial charge < -0.3 is 11.5 Å². The third kappa shape index (κ3) is 2.09. The van der Waals surface area contributed by atoms with Gasteiger partial charge in [0.25, 0.3) is 0 Å². The molecule has 0 radical (unpaired) electrons. The Labute approximate surface area is 101 Å². The standard InChI is InChI=1S/C15H14N2/c1-3-11-5-6-12(15(17)9-11)13-8-10(2)4-7-14(13)16/h1,4-9H,16-17H2,2H3. The molecule has 84 valence electrons. The lowest BCUT2D eigenvalue weighted by atomic mass is 9.98. The molecule has 4 N–H and O–H groups in total. The Balaban J connectivity index is 2.61. The number of nitrogen functional groups attached to an aromatic ring is 2. The third-order valence-corrected chi connectivity index (χ3v) is 2.72. The molecule has 0 unspecified atom stereocenters. The van der Waals surface area contributed by atoms with Gasteiger partial charge in [0.05, 0.1) is 0 Å². The maximum atomic E-state index is 6.00. The number of benzene rings is 2. The Bertz CT molecular complexity index is 607. The summed E-state index contributed by atoms with van der Waals surface area (Å²) in [7, 11) is 0. The maximum Gasteiger partial charge on any atom is 0.0407 e. The number of rotatable bonds is 1. The molecule has 0 amide bonds. The zero-order valence-electron chi connectivity index (χ0n) is 9.70. The second-order valence-electron chi connectivity index (χ2n) is 4.04. The van der Waals surface area contributed by atoms with E-state index in [2.05, 4.69) is 5.92 Å². The van der Waals surface area contributed by atoms with E-state index in [1.807, 2.05) is 37.3 Å². The Morgan fingerprint density at radius 2 is 1.71 bits per heavy atom. The molecule has 0 aliphatic carbocycles. The van der Waals surface area contributed by atoms with Crippen molar-refractivity contribution in [1.82, 2.24) is 0 Å². The summed E-state index contributed by atoms with van der Waals surface area (Å²) in [5.41, 5.74) is 17.1. The summed E-state index contributed by atoms with van der Waals surface area (Å²) in [6.07, 6.45) is 5.33. The Morgan fingerprint density at radius 3 is 2.35 bits per heavy atom. The lowest BCUT2D eigenvalue weighted by Gasteiger charge is -2.10. The summed E-state index contributed by atoms with van der Waals surface area (Å²) in [5.74, 6) is 2.56. The third-order valence-electron chi connectivity index (χ3n) is 2.72. The topological polar surface area (TPSA) is 52.0 Å². The molecule has 2 aromatic carbocycles. The maximum absolute atomic E-state index is 6.00. The molecule has 0 saturated heterocycles. The van der Waals surface area contributed by atoms with E-state index in [1.54, 1.807) is 6.07 Å². The molecule has 2 aromatic rings. The van der Waals surface area contributed by atoms with Crippen LogP contribution in [0.5, 0.6) is 0 Å². The van der Waals surface area contributed by atoms with Gasteiger partial charge in [-0.25, -0.2) is 0 Å². The van der Waals surface area contributed by atoms with Crippen molar-refractivity contribution in [3.8, 4) is 23.5 Å². The first-order valence-electron chi connectivity index (χ1n) is 5.34. The summed E-state index contributed by atoms with van der Waals surface area (Å²) >= 11 is 0. The molecule has 2 rings (SSSR count). The predicted molar refractivity (Wildman–Crippen MR) is 73.4 cm³/mol. The van der Waals surface area contributed by atoms with Crippen molar-refractivity contribution in [3.63, 3.8) is 0 Å². The molecular weight excluding hydrogens is 208 g/mol. The van der Waals surface area contributed by atoms with E-state index in [0.29, 0.717) is 5.69 Å². The van der Waals surface area contributed by atoms with Crippen LogP contribution in [0.25, 0.3) is 11.1 Å². The average molecular weight is 222 g/mol. The number of anilines is 2. The molecule has 17 heavy (non-hydrogen) atoms. The lowest BCUT2D eigenvalue weighted by molar-refractivity contribution is 1.46. The largest absolute Gasteiger partial charge is 0.398 e. The van der Waals surface area contributed by atoms with Crippen LogP contribution in [-0.4, -0.2) is 0 Å². The normalized spacial score (nSPS) is 9.88.